The van der Waals surface area contributed by atoms with Crippen LogP contribution in [0.15, 0.2) is 127 Å². The van der Waals surface area contributed by atoms with Gasteiger partial charge in [0.15, 0.2) is 5.60 Å². The predicted molar refractivity (Wildman–Crippen MR) is 183 cm³/mol. The fourth-order valence-corrected chi connectivity index (χ4v) is 7.40. The second-order valence-corrected chi connectivity index (χ2v) is 12.4. The van der Waals surface area contributed by atoms with Crippen molar-refractivity contribution in [2.45, 2.75) is 24.9 Å². The summed E-state index contributed by atoms with van der Waals surface area (Å²) in [6, 6.07) is 42.7. The summed E-state index contributed by atoms with van der Waals surface area (Å²) < 4.78 is 18.4. The van der Waals surface area contributed by atoms with E-state index in [-0.39, 0.29) is 5.41 Å². The molecule has 8 rings (SSSR count). The van der Waals surface area contributed by atoms with Crippen LogP contribution < -0.4 is 14.2 Å². The van der Waals surface area contributed by atoms with Gasteiger partial charge in [-0.2, -0.15) is 0 Å². The number of hydrogen-bond donors (Lipinski definition) is 0. The van der Waals surface area contributed by atoms with Crippen LogP contribution >= 0.6 is 0 Å². The van der Waals surface area contributed by atoms with Crippen molar-refractivity contribution in [2.24, 2.45) is 0 Å². The molecule has 0 amide bonds. The standard InChI is InChI=1S/C42H34O3/c1-41(2)37-26-28(27-10-6-5-7-11-27)14-23-35(37)38-33-12-8-9-13-34(33)40-36(39(38)41)24-25-42(45-40,29-15-19-31(43-3)20-16-29)30-17-21-32(44-4)22-18-30/h5-26H,1-4H3. The second-order valence-electron chi connectivity index (χ2n) is 12.4. The third-order valence-corrected chi connectivity index (χ3v) is 9.68. The van der Waals surface area contributed by atoms with Crippen LogP contribution in [0.2, 0.25) is 0 Å². The molecule has 0 saturated heterocycles. The van der Waals surface area contributed by atoms with Gasteiger partial charge < -0.3 is 14.2 Å². The molecule has 220 valence electrons. The fourth-order valence-electron chi connectivity index (χ4n) is 7.40. The summed E-state index contributed by atoms with van der Waals surface area (Å²) in [6.07, 6.45) is 4.52. The highest BCUT2D eigenvalue weighted by Crippen LogP contribution is 2.58. The summed E-state index contributed by atoms with van der Waals surface area (Å²) in [5.41, 5.74) is 9.82. The molecule has 0 fully saturated rings. The van der Waals surface area contributed by atoms with Crippen molar-refractivity contribution in [3.63, 3.8) is 0 Å². The Bertz CT molecular complexity index is 2060. The van der Waals surface area contributed by atoms with E-state index in [9.17, 15) is 0 Å². The second kappa shape index (κ2) is 10.1. The van der Waals surface area contributed by atoms with Gasteiger partial charge in [-0.1, -0.05) is 111 Å². The lowest BCUT2D eigenvalue weighted by molar-refractivity contribution is 0.163. The van der Waals surface area contributed by atoms with Gasteiger partial charge in [-0.05, 0) is 75.2 Å². The zero-order valence-electron chi connectivity index (χ0n) is 25.9. The molecule has 3 nitrogen and oxygen atoms in total. The molecule has 2 aliphatic rings. The molecule has 0 saturated carbocycles. The first-order chi connectivity index (χ1) is 21.9. The first-order valence-electron chi connectivity index (χ1n) is 15.4. The van der Waals surface area contributed by atoms with E-state index >= 15 is 0 Å². The smallest absolute Gasteiger partial charge is 0.178 e. The SMILES string of the molecule is COc1ccc(C2(c3ccc(OC)cc3)C=Cc3c4c(c5ccccc5c3O2)-c2ccc(-c3ccccc3)cc2C4(C)C)cc1. The molecule has 0 atom stereocenters. The Balaban J connectivity index is 1.37. The molecular formula is C42H34O3. The monoisotopic (exact) mass is 586 g/mol. The van der Waals surface area contributed by atoms with Crippen molar-refractivity contribution in [1.29, 1.82) is 0 Å². The lowest BCUT2D eigenvalue weighted by atomic mass is 9.76. The van der Waals surface area contributed by atoms with Gasteiger partial charge in [0, 0.05) is 27.5 Å². The Morgan fingerprint density at radius 3 is 1.82 bits per heavy atom. The number of fused-ring (bicyclic) bond motifs is 8. The van der Waals surface area contributed by atoms with E-state index < -0.39 is 5.60 Å². The molecule has 1 aliphatic carbocycles. The summed E-state index contributed by atoms with van der Waals surface area (Å²) in [6.45, 7) is 4.70. The van der Waals surface area contributed by atoms with Gasteiger partial charge in [0.1, 0.15) is 17.2 Å². The van der Waals surface area contributed by atoms with Gasteiger partial charge in [0.05, 0.1) is 14.2 Å². The normalized spacial score (nSPS) is 15.1. The average molecular weight is 587 g/mol. The molecule has 1 heterocycles. The molecule has 45 heavy (non-hydrogen) atoms. The summed E-state index contributed by atoms with van der Waals surface area (Å²) in [5.74, 6) is 2.52. The predicted octanol–water partition coefficient (Wildman–Crippen LogP) is 10.2. The quantitative estimate of drug-likeness (QED) is 0.201. The highest BCUT2D eigenvalue weighted by atomic mass is 16.5. The maximum Gasteiger partial charge on any atom is 0.178 e. The molecule has 0 radical (unpaired) electrons. The van der Waals surface area contributed by atoms with Crippen LogP contribution in [0.5, 0.6) is 17.2 Å². The number of benzene rings is 6. The maximum absolute atomic E-state index is 7.39. The third-order valence-electron chi connectivity index (χ3n) is 9.68. The highest BCUT2D eigenvalue weighted by Gasteiger charge is 2.44. The minimum atomic E-state index is -0.849. The van der Waals surface area contributed by atoms with E-state index in [1.54, 1.807) is 14.2 Å². The van der Waals surface area contributed by atoms with Crippen LogP contribution in [0.3, 0.4) is 0 Å². The number of rotatable bonds is 5. The van der Waals surface area contributed by atoms with Gasteiger partial charge in [-0.3, -0.25) is 0 Å². The molecular weight excluding hydrogens is 552 g/mol. The van der Waals surface area contributed by atoms with Gasteiger partial charge in [-0.15, -0.1) is 0 Å². The number of methoxy groups -OCH3 is 2. The van der Waals surface area contributed by atoms with Crippen molar-refractivity contribution >= 4 is 16.8 Å². The van der Waals surface area contributed by atoms with E-state index in [1.165, 1.54) is 38.8 Å². The van der Waals surface area contributed by atoms with Crippen LogP contribution in [0.25, 0.3) is 39.1 Å². The largest absolute Gasteiger partial charge is 0.497 e. The maximum atomic E-state index is 7.39. The lowest BCUT2D eigenvalue weighted by Gasteiger charge is -2.38. The van der Waals surface area contributed by atoms with E-state index in [2.05, 4.69) is 123 Å². The minimum Gasteiger partial charge on any atom is -0.497 e. The fraction of sp³-hybridized carbons (Fsp3) is 0.143. The Morgan fingerprint density at radius 1 is 0.600 bits per heavy atom. The first kappa shape index (κ1) is 27.3. The first-order valence-corrected chi connectivity index (χ1v) is 15.4. The molecule has 0 unspecified atom stereocenters. The number of ether oxygens (including phenoxy) is 3. The Morgan fingerprint density at radius 2 is 1.20 bits per heavy atom. The van der Waals surface area contributed by atoms with Crippen molar-refractivity contribution in [1.82, 2.24) is 0 Å². The zero-order valence-corrected chi connectivity index (χ0v) is 25.9. The van der Waals surface area contributed by atoms with Gasteiger partial charge in [0.2, 0.25) is 0 Å². The van der Waals surface area contributed by atoms with Crippen molar-refractivity contribution in [3.05, 3.63) is 155 Å². The molecule has 0 N–H and O–H groups in total. The van der Waals surface area contributed by atoms with Crippen LogP contribution in [0.1, 0.15) is 41.7 Å². The third kappa shape index (κ3) is 4.04. The van der Waals surface area contributed by atoms with Gasteiger partial charge in [0.25, 0.3) is 0 Å². The van der Waals surface area contributed by atoms with Crippen LogP contribution in [-0.2, 0) is 11.0 Å². The molecule has 3 heteroatoms. The minimum absolute atomic E-state index is 0.239. The van der Waals surface area contributed by atoms with E-state index in [0.717, 1.165) is 39.3 Å². The molecule has 0 aromatic heterocycles. The Hall–Kier alpha value is -5.28. The van der Waals surface area contributed by atoms with Crippen LogP contribution in [0.4, 0.5) is 0 Å². The summed E-state index contributed by atoms with van der Waals surface area (Å²) in [4.78, 5) is 0. The molecule has 0 bridgehead atoms. The van der Waals surface area contributed by atoms with Crippen molar-refractivity contribution in [2.75, 3.05) is 14.2 Å². The van der Waals surface area contributed by atoms with Crippen molar-refractivity contribution in [3.8, 4) is 39.5 Å². The van der Waals surface area contributed by atoms with E-state index in [0.29, 0.717) is 0 Å². The molecule has 6 aromatic rings. The Labute approximate surface area is 264 Å². The van der Waals surface area contributed by atoms with E-state index in [1.807, 2.05) is 24.3 Å². The Kier molecular flexibility index (Phi) is 6.15. The zero-order chi connectivity index (χ0) is 30.8. The molecule has 0 spiro atoms. The van der Waals surface area contributed by atoms with Gasteiger partial charge in [-0.25, -0.2) is 0 Å². The van der Waals surface area contributed by atoms with Crippen molar-refractivity contribution < 1.29 is 14.2 Å². The summed E-state index contributed by atoms with van der Waals surface area (Å²) in [5, 5.41) is 2.32. The average Bonchev–Trinajstić information content (AvgIpc) is 3.34. The van der Waals surface area contributed by atoms with Gasteiger partial charge >= 0.3 is 0 Å². The number of hydrogen-bond acceptors (Lipinski definition) is 3. The van der Waals surface area contributed by atoms with Crippen LogP contribution in [-0.4, -0.2) is 14.2 Å². The lowest BCUT2D eigenvalue weighted by Crippen LogP contribution is -2.35. The summed E-state index contributed by atoms with van der Waals surface area (Å²) >= 11 is 0. The molecule has 6 aromatic carbocycles. The van der Waals surface area contributed by atoms with E-state index in [4.69, 9.17) is 14.2 Å². The molecule has 1 aliphatic heterocycles. The van der Waals surface area contributed by atoms with Crippen LogP contribution in [0, 0.1) is 0 Å². The summed E-state index contributed by atoms with van der Waals surface area (Å²) in [7, 11) is 3.38. The highest BCUT2D eigenvalue weighted by molar-refractivity contribution is 6.08. The topological polar surface area (TPSA) is 27.7 Å².